The van der Waals surface area contributed by atoms with Crippen molar-refractivity contribution in [1.29, 1.82) is 0 Å². The van der Waals surface area contributed by atoms with E-state index in [0.717, 1.165) is 43.7 Å². The van der Waals surface area contributed by atoms with Crippen LogP contribution in [0, 0.1) is 0 Å². The van der Waals surface area contributed by atoms with Crippen molar-refractivity contribution in [2.24, 2.45) is 0 Å². The van der Waals surface area contributed by atoms with Crippen LogP contribution in [0.2, 0.25) is 0 Å². The standard InChI is InChI=1S/C21H23NO3/c23-21(22-18-9-6-15-3-1-4-17(15)13-18)16-7-10-19(11-8-16)25-14-20-5-2-12-24-20/h6-11,13,20H,1-5,12,14H2,(H,22,23). The molecule has 0 radical (unpaired) electrons. The van der Waals surface area contributed by atoms with Gasteiger partial charge in [0.25, 0.3) is 5.91 Å². The highest BCUT2D eigenvalue weighted by Crippen LogP contribution is 2.25. The maximum Gasteiger partial charge on any atom is 0.255 e. The fourth-order valence-electron chi connectivity index (χ4n) is 3.52. The number of benzene rings is 2. The molecule has 1 fully saturated rings. The molecule has 1 atom stereocenters. The molecule has 4 heteroatoms. The molecule has 4 nitrogen and oxygen atoms in total. The smallest absolute Gasteiger partial charge is 0.255 e. The van der Waals surface area contributed by atoms with E-state index >= 15 is 0 Å². The van der Waals surface area contributed by atoms with Gasteiger partial charge >= 0.3 is 0 Å². The number of ether oxygens (including phenoxy) is 2. The monoisotopic (exact) mass is 337 g/mol. The first-order valence-electron chi connectivity index (χ1n) is 9.05. The summed E-state index contributed by atoms with van der Waals surface area (Å²) in [6.07, 6.45) is 5.83. The molecule has 0 saturated carbocycles. The fourth-order valence-corrected chi connectivity index (χ4v) is 3.52. The predicted octanol–water partition coefficient (Wildman–Crippen LogP) is 3.99. The third kappa shape index (κ3) is 3.85. The molecule has 2 aromatic rings. The topological polar surface area (TPSA) is 47.6 Å². The molecule has 1 aliphatic carbocycles. The molecule has 0 bridgehead atoms. The van der Waals surface area contributed by atoms with Crippen LogP contribution in [0.25, 0.3) is 0 Å². The van der Waals surface area contributed by atoms with Crippen molar-refractivity contribution < 1.29 is 14.3 Å². The minimum atomic E-state index is -0.0939. The first-order chi connectivity index (χ1) is 12.3. The van der Waals surface area contributed by atoms with Crippen LogP contribution >= 0.6 is 0 Å². The van der Waals surface area contributed by atoms with E-state index < -0.39 is 0 Å². The molecule has 1 unspecified atom stereocenters. The van der Waals surface area contributed by atoms with Crippen LogP contribution in [0.15, 0.2) is 42.5 Å². The Hall–Kier alpha value is -2.33. The second-order valence-electron chi connectivity index (χ2n) is 6.76. The van der Waals surface area contributed by atoms with Gasteiger partial charge in [-0.25, -0.2) is 0 Å². The van der Waals surface area contributed by atoms with Gasteiger partial charge in [0, 0.05) is 17.9 Å². The fraction of sp³-hybridized carbons (Fsp3) is 0.381. The Morgan fingerprint density at radius 2 is 1.92 bits per heavy atom. The lowest BCUT2D eigenvalue weighted by Crippen LogP contribution is -2.16. The average Bonchev–Trinajstić information content (AvgIpc) is 3.31. The molecule has 25 heavy (non-hydrogen) atoms. The summed E-state index contributed by atoms with van der Waals surface area (Å²) < 4.78 is 11.3. The molecule has 1 aliphatic heterocycles. The van der Waals surface area contributed by atoms with E-state index in [2.05, 4.69) is 17.4 Å². The number of nitrogens with one attached hydrogen (secondary N) is 1. The number of hydrogen-bond acceptors (Lipinski definition) is 3. The second kappa shape index (κ2) is 7.28. The Balaban J connectivity index is 1.35. The summed E-state index contributed by atoms with van der Waals surface area (Å²) in [6.45, 7) is 1.40. The summed E-state index contributed by atoms with van der Waals surface area (Å²) in [4.78, 5) is 12.4. The predicted molar refractivity (Wildman–Crippen MR) is 97.3 cm³/mol. The number of carbonyl (C=O) groups is 1. The van der Waals surface area contributed by atoms with Crippen LogP contribution in [0.5, 0.6) is 5.75 Å². The summed E-state index contributed by atoms with van der Waals surface area (Å²) in [5, 5.41) is 2.98. The quantitative estimate of drug-likeness (QED) is 0.897. The minimum Gasteiger partial charge on any atom is -0.491 e. The molecule has 1 saturated heterocycles. The Bertz CT molecular complexity index is 748. The Labute approximate surface area is 148 Å². The van der Waals surface area contributed by atoms with Crippen molar-refractivity contribution in [3.05, 3.63) is 59.2 Å². The van der Waals surface area contributed by atoms with Gasteiger partial charge in [-0.1, -0.05) is 6.07 Å². The molecule has 2 aliphatic rings. The van der Waals surface area contributed by atoms with Gasteiger partial charge in [-0.3, -0.25) is 4.79 Å². The third-order valence-corrected chi connectivity index (χ3v) is 4.93. The van der Waals surface area contributed by atoms with Crippen LogP contribution < -0.4 is 10.1 Å². The molecule has 1 N–H and O–H groups in total. The summed E-state index contributed by atoms with van der Waals surface area (Å²) >= 11 is 0. The zero-order valence-electron chi connectivity index (χ0n) is 14.3. The lowest BCUT2D eigenvalue weighted by molar-refractivity contribution is 0.0679. The van der Waals surface area contributed by atoms with E-state index in [4.69, 9.17) is 9.47 Å². The number of aryl methyl sites for hydroxylation is 2. The Kier molecular flexibility index (Phi) is 4.70. The first kappa shape index (κ1) is 16.2. The Morgan fingerprint density at radius 3 is 2.72 bits per heavy atom. The van der Waals surface area contributed by atoms with Gasteiger partial charge in [0.1, 0.15) is 12.4 Å². The van der Waals surface area contributed by atoms with Crippen LogP contribution in [0.3, 0.4) is 0 Å². The number of hydrogen-bond donors (Lipinski definition) is 1. The number of fused-ring (bicyclic) bond motifs is 1. The van der Waals surface area contributed by atoms with E-state index in [-0.39, 0.29) is 12.0 Å². The van der Waals surface area contributed by atoms with Crippen molar-refractivity contribution in [3.63, 3.8) is 0 Å². The van der Waals surface area contributed by atoms with Gasteiger partial charge in [0.05, 0.1) is 6.10 Å². The van der Waals surface area contributed by atoms with Crippen molar-refractivity contribution in [1.82, 2.24) is 0 Å². The largest absolute Gasteiger partial charge is 0.491 e. The highest BCUT2D eigenvalue weighted by Gasteiger charge is 2.16. The van der Waals surface area contributed by atoms with Crippen LogP contribution in [0.1, 0.15) is 40.7 Å². The molecule has 2 aromatic carbocycles. The maximum absolute atomic E-state index is 12.4. The third-order valence-electron chi connectivity index (χ3n) is 4.93. The van der Waals surface area contributed by atoms with Gasteiger partial charge in [-0.2, -0.15) is 0 Å². The van der Waals surface area contributed by atoms with Crippen LogP contribution in [-0.2, 0) is 17.6 Å². The van der Waals surface area contributed by atoms with Crippen molar-refractivity contribution >= 4 is 11.6 Å². The average molecular weight is 337 g/mol. The van der Waals surface area contributed by atoms with Gasteiger partial charge in [-0.15, -0.1) is 0 Å². The van der Waals surface area contributed by atoms with E-state index in [1.54, 1.807) is 12.1 Å². The van der Waals surface area contributed by atoms with Gasteiger partial charge in [-0.05, 0) is 79.6 Å². The molecule has 4 rings (SSSR count). The highest BCUT2D eigenvalue weighted by atomic mass is 16.5. The number of rotatable bonds is 5. The van der Waals surface area contributed by atoms with Gasteiger partial charge < -0.3 is 14.8 Å². The molecule has 130 valence electrons. The lowest BCUT2D eigenvalue weighted by atomic mass is 10.1. The second-order valence-corrected chi connectivity index (χ2v) is 6.76. The van der Waals surface area contributed by atoms with E-state index in [1.807, 2.05) is 18.2 Å². The van der Waals surface area contributed by atoms with E-state index in [1.165, 1.54) is 17.5 Å². The zero-order chi connectivity index (χ0) is 17.1. The summed E-state index contributed by atoms with van der Waals surface area (Å²) in [6, 6.07) is 13.5. The highest BCUT2D eigenvalue weighted by molar-refractivity contribution is 6.04. The van der Waals surface area contributed by atoms with Crippen molar-refractivity contribution in [2.75, 3.05) is 18.5 Å². The van der Waals surface area contributed by atoms with E-state index in [9.17, 15) is 4.79 Å². The zero-order valence-corrected chi connectivity index (χ0v) is 14.3. The molecular formula is C21H23NO3. The number of amides is 1. The van der Waals surface area contributed by atoms with Crippen molar-refractivity contribution in [3.8, 4) is 5.75 Å². The Morgan fingerprint density at radius 1 is 1.08 bits per heavy atom. The normalized spacial score (nSPS) is 18.8. The van der Waals surface area contributed by atoms with Crippen LogP contribution in [0.4, 0.5) is 5.69 Å². The summed E-state index contributed by atoms with van der Waals surface area (Å²) in [5.74, 6) is 0.674. The van der Waals surface area contributed by atoms with Crippen LogP contribution in [-0.4, -0.2) is 25.2 Å². The van der Waals surface area contributed by atoms with E-state index in [0.29, 0.717) is 12.2 Å². The number of anilines is 1. The van der Waals surface area contributed by atoms with Crippen molar-refractivity contribution in [2.45, 2.75) is 38.2 Å². The minimum absolute atomic E-state index is 0.0939. The molecular weight excluding hydrogens is 314 g/mol. The SMILES string of the molecule is O=C(Nc1ccc2c(c1)CCC2)c1ccc(OCC2CCCO2)cc1. The maximum atomic E-state index is 12.4. The molecule has 0 spiro atoms. The molecule has 0 aromatic heterocycles. The molecule has 1 amide bonds. The first-order valence-corrected chi connectivity index (χ1v) is 9.05. The number of carbonyl (C=O) groups excluding carboxylic acids is 1. The lowest BCUT2D eigenvalue weighted by Gasteiger charge is -2.12. The summed E-state index contributed by atoms with van der Waals surface area (Å²) in [5.41, 5.74) is 4.26. The molecule has 1 heterocycles. The summed E-state index contributed by atoms with van der Waals surface area (Å²) in [7, 11) is 0. The van der Waals surface area contributed by atoms with Gasteiger partial charge in [0.2, 0.25) is 0 Å². The van der Waals surface area contributed by atoms with Gasteiger partial charge in [0.15, 0.2) is 0 Å².